The fourth-order valence-electron chi connectivity index (χ4n) is 3.35. The van der Waals surface area contributed by atoms with E-state index in [1.54, 1.807) is 18.2 Å². The number of hydrogen-bond donors (Lipinski definition) is 2. The predicted octanol–water partition coefficient (Wildman–Crippen LogP) is 5.67. The molecule has 0 aliphatic rings. The summed E-state index contributed by atoms with van der Waals surface area (Å²) < 4.78 is 0. The maximum absolute atomic E-state index is 12.1. The largest absolute Gasteiger partial charge is 0.478 e. The Hall–Kier alpha value is -3.14. The highest BCUT2D eigenvalue weighted by atomic mass is 16.4. The molecule has 3 aromatic rings. The van der Waals surface area contributed by atoms with Gasteiger partial charge in [-0.3, -0.25) is 4.79 Å². The van der Waals surface area contributed by atoms with Crippen LogP contribution in [-0.4, -0.2) is 17.0 Å². The molecule has 4 heteroatoms. The molecule has 0 fully saturated rings. The molecule has 0 heterocycles. The van der Waals surface area contributed by atoms with Gasteiger partial charge >= 0.3 is 5.97 Å². The number of anilines is 1. The van der Waals surface area contributed by atoms with Crippen molar-refractivity contribution in [1.82, 2.24) is 0 Å². The lowest BCUT2D eigenvalue weighted by atomic mass is 10.0. The Labute approximate surface area is 165 Å². The average Bonchev–Trinajstić information content (AvgIpc) is 2.70. The molecule has 0 bridgehead atoms. The minimum absolute atomic E-state index is 0.117. The lowest BCUT2D eigenvalue weighted by Gasteiger charge is -2.08. The third kappa shape index (κ3) is 5.43. The van der Waals surface area contributed by atoms with E-state index in [1.165, 1.54) is 22.4 Å². The topological polar surface area (TPSA) is 66.4 Å². The SMILES string of the molecule is O=C(CCCCCCc1ccc2ccccc2c1)Nc1ccccc1C(=O)O. The van der Waals surface area contributed by atoms with Gasteiger partial charge in [0.05, 0.1) is 11.3 Å². The number of hydrogen-bond acceptors (Lipinski definition) is 2. The number of carbonyl (C=O) groups is 2. The second kappa shape index (κ2) is 9.70. The monoisotopic (exact) mass is 375 g/mol. The van der Waals surface area contributed by atoms with Gasteiger partial charge in [-0.2, -0.15) is 0 Å². The summed E-state index contributed by atoms with van der Waals surface area (Å²) >= 11 is 0. The number of amides is 1. The van der Waals surface area contributed by atoms with Crippen LogP contribution in [0, 0.1) is 0 Å². The third-order valence-corrected chi connectivity index (χ3v) is 4.86. The van der Waals surface area contributed by atoms with Gasteiger partial charge in [0.15, 0.2) is 0 Å². The maximum Gasteiger partial charge on any atom is 0.337 e. The zero-order valence-corrected chi connectivity index (χ0v) is 15.9. The van der Waals surface area contributed by atoms with Gasteiger partial charge in [0.25, 0.3) is 0 Å². The van der Waals surface area contributed by atoms with Crippen LogP contribution in [0.3, 0.4) is 0 Å². The number of rotatable bonds is 9. The summed E-state index contributed by atoms with van der Waals surface area (Å²) in [4.78, 5) is 23.2. The predicted molar refractivity (Wildman–Crippen MR) is 113 cm³/mol. The molecule has 1 amide bonds. The maximum atomic E-state index is 12.1. The van der Waals surface area contributed by atoms with Crippen molar-refractivity contribution in [2.24, 2.45) is 0 Å². The number of aromatic carboxylic acids is 1. The van der Waals surface area contributed by atoms with E-state index in [9.17, 15) is 9.59 Å². The number of benzene rings is 3. The van der Waals surface area contributed by atoms with E-state index in [4.69, 9.17) is 5.11 Å². The lowest BCUT2D eigenvalue weighted by molar-refractivity contribution is -0.116. The number of nitrogens with one attached hydrogen (secondary N) is 1. The van der Waals surface area contributed by atoms with E-state index in [-0.39, 0.29) is 11.5 Å². The number of carbonyl (C=O) groups excluding carboxylic acids is 1. The molecule has 0 saturated heterocycles. The number of carboxylic acid groups (broad SMARTS) is 1. The zero-order valence-electron chi connectivity index (χ0n) is 15.9. The van der Waals surface area contributed by atoms with Gasteiger partial charge in [0.1, 0.15) is 0 Å². The van der Waals surface area contributed by atoms with Gasteiger partial charge in [0, 0.05) is 6.42 Å². The van der Waals surface area contributed by atoms with E-state index >= 15 is 0 Å². The van der Waals surface area contributed by atoms with Gasteiger partial charge in [-0.25, -0.2) is 4.79 Å². The van der Waals surface area contributed by atoms with Crippen molar-refractivity contribution in [2.75, 3.05) is 5.32 Å². The minimum atomic E-state index is -1.04. The first-order chi connectivity index (χ1) is 13.6. The number of unbranched alkanes of at least 4 members (excludes halogenated alkanes) is 3. The molecule has 28 heavy (non-hydrogen) atoms. The van der Waals surface area contributed by atoms with Gasteiger partial charge in [-0.15, -0.1) is 0 Å². The van der Waals surface area contributed by atoms with Gasteiger partial charge in [0.2, 0.25) is 5.91 Å². The Bertz CT molecular complexity index is 965. The summed E-state index contributed by atoms with van der Waals surface area (Å²) in [5, 5.41) is 14.4. The fourth-order valence-corrected chi connectivity index (χ4v) is 3.35. The summed E-state index contributed by atoms with van der Waals surface area (Å²) in [6.45, 7) is 0. The van der Waals surface area contributed by atoms with Crippen LogP contribution in [0.2, 0.25) is 0 Å². The Balaban J connectivity index is 1.36. The van der Waals surface area contributed by atoms with Crippen molar-refractivity contribution in [1.29, 1.82) is 0 Å². The van der Waals surface area contributed by atoms with Gasteiger partial charge in [-0.05, 0) is 47.7 Å². The van der Waals surface area contributed by atoms with Crippen LogP contribution in [0.5, 0.6) is 0 Å². The quantitative estimate of drug-likeness (QED) is 0.474. The molecule has 144 valence electrons. The molecule has 2 N–H and O–H groups in total. The molecule has 0 atom stereocenters. The molecular weight excluding hydrogens is 350 g/mol. The van der Waals surface area contributed by atoms with Crippen molar-refractivity contribution in [3.05, 3.63) is 77.9 Å². The summed E-state index contributed by atoms with van der Waals surface area (Å²) in [5.74, 6) is -1.17. The molecule has 3 aromatic carbocycles. The molecule has 0 unspecified atom stereocenters. The highest BCUT2D eigenvalue weighted by molar-refractivity contribution is 6.00. The van der Waals surface area contributed by atoms with E-state index in [1.807, 2.05) is 0 Å². The Morgan fingerprint density at radius 2 is 1.50 bits per heavy atom. The third-order valence-electron chi connectivity index (χ3n) is 4.86. The van der Waals surface area contributed by atoms with Crippen molar-refractivity contribution in [2.45, 2.75) is 38.5 Å². The van der Waals surface area contributed by atoms with Crippen molar-refractivity contribution in [3.63, 3.8) is 0 Å². The second-order valence-electron chi connectivity index (χ2n) is 6.99. The molecule has 3 rings (SSSR count). The normalized spacial score (nSPS) is 10.7. The fraction of sp³-hybridized carbons (Fsp3) is 0.250. The highest BCUT2D eigenvalue weighted by Gasteiger charge is 2.11. The van der Waals surface area contributed by atoms with Crippen LogP contribution in [0.1, 0.15) is 48.0 Å². The lowest BCUT2D eigenvalue weighted by Crippen LogP contribution is -2.14. The van der Waals surface area contributed by atoms with Crippen molar-refractivity contribution in [3.8, 4) is 0 Å². The van der Waals surface area contributed by atoms with E-state index < -0.39 is 5.97 Å². The highest BCUT2D eigenvalue weighted by Crippen LogP contribution is 2.18. The van der Waals surface area contributed by atoms with E-state index in [2.05, 4.69) is 47.8 Å². The van der Waals surface area contributed by atoms with Crippen molar-refractivity contribution < 1.29 is 14.7 Å². The van der Waals surface area contributed by atoms with Crippen LogP contribution < -0.4 is 5.32 Å². The number of fused-ring (bicyclic) bond motifs is 1. The zero-order chi connectivity index (χ0) is 19.8. The summed E-state index contributed by atoms with van der Waals surface area (Å²) in [7, 11) is 0. The van der Waals surface area contributed by atoms with Crippen LogP contribution in [0.15, 0.2) is 66.7 Å². The number of carboxylic acids is 1. The smallest absolute Gasteiger partial charge is 0.337 e. The molecule has 0 saturated carbocycles. The summed E-state index contributed by atoms with van der Waals surface area (Å²) in [6, 6.07) is 21.5. The van der Waals surface area contributed by atoms with E-state index in [0.717, 1.165) is 32.1 Å². The summed E-state index contributed by atoms with van der Waals surface area (Å²) in [5.41, 5.74) is 1.82. The Kier molecular flexibility index (Phi) is 6.79. The van der Waals surface area contributed by atoms with Crippen LogP contribution in [0.25, 0.3) is 10.8 Å². The molecule has 0 aliphatic carbocycles. The summed E-state index contributed by atoms with van der Waals surface area (Å²) in [6.07, 6.45) is 5.42. The van der Waals surface area contributed by atoms with E-state index in [0.29, 0.717) is 12.1 Å². The Morgan fingerprint density at radius 1 is 0.786 bits per heavy atom. The molecular formula is C24H25NO3. The van der Waals surface area contributed by atoms with Crippen LogP contribution in [0.4, 0.5) is 5.69 Å². The van der Waals surface area contributed by atoms with Crippen LogP contribution in [-0.2, 0) is 11.2 Å². The molecule has 0 aliphatic heterocycles. The van der Waals surface area contributed by atoms with Gasteiger partial charge in [-0.1, -0.05) is 67.4 Å². The number of aryl methyl sites for hydroxylation is 1. The Morgan fingerprint density at radius 3 is 2.32 bits per heavy atom. The first kappa shape index (κ1) is 19.6. The molecule has 4 nitrogen and oxygen atoms in total. The molecule has 0 aromatic heterocycles. The van der Waals surface area contributed by atoms with Gasteiger partial charge < -0.3 is 10.4 Å². The van der Waals surface area contributed by atoms with Crippen LogP contribution >= 0.6 is 0 Å². The number of para-hydroxylation sites is 1. The molecule has 0 spiro atoms. The standard InChI is InChI=1S/C24H25NO3/c26-23(25-22-13-8-7-12-21(22)24(27)28)14-4-2-1-3-9-18-15-16-19-10-5-6-11-20(19)17-18/h5-8,10-13,15-17H,1-4,9,14H2,(H,25,26)(H,27,28). The minimum Gasteiger partial charge on any atom is -0.478 e. The van der Waals surface area contributed by atoms with Crippen molar-refractivity contribution >= 4 is 28.3 Å². The average molecular weight is 375 g/mol. The second-order valence-corrected chi connectivity index (χ2v) is 6.99. The first-order valence-electron chi connectivity index (χ1n) is 9.73. The molecule has 0 radical (unpaired) electrons. The first-order valence-corrected chi connectivity index (χ1v) is 9.73.